The molecule has 0 amide bonds. The molecule has 2 heterocycles. The summed E-state index contributed by atoms with van der Waals surface area (Å²) >= 11 is 0. The van der Waals surface area contributed by atoms with E-state index in [4.69, 9.17) is 5.14 Å². The Hall–Kier alpha value is -2.19. The van der Waals surface area contributed by atoms with E-state index in [2.05, 4.69) is 20.2 Å². The van der Waals surface area contributed by atoms with Crippen molar-refractivity contribution in [2.24, 2.45) is 5.14 Å². The van der Waals surface area contributed by atoms with Crippen LogP contribution < -0.4 is 15.4 Å². The Morgan fingerprint density at radius 3 is 2.37 bits per heavy atom. The van der Waals surface area contributed by atoms with E-state index < -0.39 is 10.0 Å². The highest BCUT2D eigenvalue weighted by Crippen LogP contribution is 2.20. The monoisotopic (exact) mass is 389 g/mol. The molecule has 0 bridgehead atoms. The molecule has 1 aromatic heterocycles. The molecule has 1 aliphatic rings. The van der Waals surface area contributed by atoms with E-state index in [1.54, 1.807) is 12.1 Å². The van der Waals surface area contributed by atoms with Gasteiger partial charge in [-0.2, -0.15) is 0 Å². The van der Waals surface area contributed by atoms with Crippen LogP contribution in [0.1, 0.15) is 37.1 Å². The van der Waals surface area contributed by atoms with E-state index >= 15 is 0 Å². The van der Waals surface area contributed by atoms with Gasteiger partial charge in [0, 0.05) is 25.7 Å². The quantitative estimate of drug-likeness (QED) is 0.787. The second kappa shape index (κ2) is 8.67. The van der Waals surface area contributed by atoms with E-state index in [0.717, 1.165) is 42.5 Å². The maximum atomic E-state index is 11.3. The van der Waals surface area contributed by atoms with Gasteiger partial charge < -0.3 is 10.2 Å². The van der Waals surface area contributed by atoms with E-state index in [1.807, 2.05) is 13.0 Å². The maximum absolute atomic E-state index is 11.3. The predicted octanol–water partition coefficient (Wildman–Crippen LogP) is 2.47. The maximum Gasteiger partial charge on any atom is 0.238 e. The molecular weight excluding hydrogens is 362 g/mol. The third-order valence-electron chi connectivity index (χ3n) is 4.73. The number of nitrogens with zero attached hydrogens (tertiary/aromatic N) is 3. The van der Waals surface area contributed by atoms with Crippen molar-refractivity contribution in [1.29, 1.82) is 0 Å². The number of hydrogen-bond donors (Lipinski definition) is 2. The number of nitrogens with one attached hydrogen (secondary N) is 1. The van der Waals surface area contributed by atoms with Gasteiger partial charge in [0.15, 0.2) is 0 Å². The van der Waals surface area contributed by atoms with Gasteiger partial charge in [0.05, 0.1) is 4.90 Å². The summed E-state index contributed by atoms with van der Waals surface area (Å²) in [5.74, 6) is 2.57. The highest BCUT2D eigenvalue weighted by atomic mass is 32.2. The highest BCUT2D eigenvalue weighted by molar-refractivity contribution is 7.89. The number of hydrogen-bond acceptors (Lipinski definition) is 6. The largest absolute Gasteiger partial charge is 0.370 e. The summed E-state index contributed by atoms with van der Waals surface area (Å²) in [6.07, 6.45) is 5.75. The molecule has 0 saturated carbocycles. The van der Waals surface area contributed by atoms with E-state index in [1.165, 1.54) is 37.8 Å². The predicted molar refractivity (Wildman–Crippen MR) is 107 cm³/mol. The van der Waals surface area contributed by atoms with Crippen LogP contribution in [-0.2, 0) is 16.4 Å². The molecule has 7 nitrogen and oxygen atoms in total. The van der Waals surface area contributed by atoms with Crippen LogP contribution >= 0.6 is 0 Å². The molecule has 0 atom stereocenters. The number of rotatable bonds is 6. The number of sulfonamides is 1. The Labute approximate surface area is 161 Å². The summed E-state index contributed by atoms with van der Waals surface area (Å²) in [6.45, 7) is 4.71. The highest BCUT2D eigenvalue weighted by Gasteiger charge is 2.13. The van der Waals surface area contributed by atoms with Gasteiger partial charge in [0.1, 0.15) is 17.5 Å². The number of primary sulfonamides is 1. The van der Waals surface area contributed by atoms with E-state index in [9.17, 15) is 8.42 Å². The molecule has 1 fully saturated rings. The van der Waals surface area contributed by atoms with Gasteiger partial charge in [-0.3, -0.25) is 0 Å². The van der Waals surface area contributed by atoms with Crippen LogP contribution in [0.5, 0.6) is 0 Å². The van der Waals surface area contributed by atoms with Crippen molar-refractivity contribution in [3.8, 4) is 0 Å². The summed E-state index contributed by atoms with van der Waals surface area (Å²) in [6, 6.07) is 8.67. The summed E-state index contributed by atoms with van der Waals surface area (Å²) in [7, 11) is -3.64. The minimum absolute atomic E-state index is 0.132. The Morgan fingerprint density at radius 2 is 1.74 bits per heavy atom. The fourth-order valence-corrected chi connectivity index (χ4v) is 3.80. The molecule has 2 aromatic rings. The molecular formula is C19H27N5O2S. The van der Waals surface area contributed by atoms with Gasteiger partial charge in [0.2, 0.25) is 10.0 Å². The third-order valence-corrected chi connectivity index (χ3v) is 5.66. The molecule has 1 aromatic carbocycles. The van der Waals surface area contributed by atoms with Crippen molar-refractivity contribution >= 4 is 21.7 Å². The van der Waals surface area contributed by atoms with E-state index in [0.29, 0.717) is 6.54 Å². The second-order valence-electron chi connectivity index (χ2n) is 6.93. The van der Waals surface area contributed by atoms with Crippen LogP contribution in [0.3, 0.4) is 0 Å². The van der Waals surface area contributed by atoms with Crippen LogP contribution in [0.15, 0.2) is 35.2 Å². The first-order chi connectivity index (χ1) is 12.9. The molecule has 0 aliphatic carbocycles. The Kier molecular flexibility index (Phi) is 6.28. The first-order valence-electron chi connectivity index (χ1n) is 9.38. The molecule has 0 radical (unpaired) electrons. The lowest BCUT2D eigenvalue weighted by Crippen LogP contribution is -2.25. The van der Waals surface area contributed by atoms with Gasteiger partial charge >= 0.3 is 0 Å². The summed E-state index contributed by atoms with van der Waals surface area (Å²) < 4.78 is 22.6. The van der Waals surface area contributed by atoms with Crippen LogP contribution in [0, 0.1) is 6.92 Å². The number of anilines is 2. The first-order valence-corrected chi connectivity index (χ1v) is 10.9. The van der Waals surface area contributed by atoms with Gasteiger partial charge in [-0.1, -0.05) is 25.0 Å². The summed E-state index contributed by atoms with van der Waals surface area (Å²) in [5, 5.41) is 8.48. The lowest BCUT2D eigenvalue weighted by molar-refractivity contribution is 0.598. The van der Waals surface area contributed by atoms with Gasteiger partial charge in [-0.15, -0.1) is 0 Å². The normalized spacial score (nSPS) is 15.4. The zero-order valence-electron chi connectivity index (χ0n) is 15.7. The molecule has 3 N–H and O–H groups in total. The molecule has 8 heteroatoms. The zero-order valence-corrected chi connectivity index (χ0v) is 16.5. The fourth-order valence-electron chi connectivity index (χ4n) is 3.28. The fraction of sp³-hybridized carbons (Fsp3) is 0.474. The van der Waals surface area contributed by atoms with Crippen molar-refractivity contribution in [2.75, 3.05) is 29.9 Å². The van der Waals surface area contributed by atoms with Crippen LogP contribution in [0.2, 0.25) is 0 Å². The SMILES string of the molecule is Cc1nc(NCCc2ccc(S(N)(=O)=O)cc2)cc(N2CCCCCC2)n1. The van der Waals surface area contributed by atoms with Crippen molar-refractivity contribution in [3.05, 3.63) is 41.7 Å². The molecule has 27 heavy (non-hydrogen) atoms. The molecule has 0 spiro atoms. The number of aromatic nitrogens is 2. The van der Waals surface area contributed by atoms with Crippen LogP contribution in [0.4, 0.5) is 11.6 Å². The molecule has 3 rings (SSSR count). The van der Waals surface area contributed by atoms with Crippen molar-refractivity contribution in [1.82, 2.24) is 9.97 Å². The summed E-state index contributed by atoms with van der Waals surface area (Å²) in [5.41, 5.74) is 1.04. The molecule has 1 saturated heterocycles. The average Bonchev–Trinajstić information content (AvgIpc) is 2.90. The smallest absolute Gasteiger partial charge is 0.238 e. The Balaban J connectivity index is 1.60. The number of benzene rings is 1. The number of aryl methyl sites for hydroxylation is 1. The molecule has 1 aliphatic heterocycles. The van der Waals surface area contributed by atoms with Crippen molar-refractivity contribution in [2.45, 2.75) is 43.9 Å². The van der Waals surface area contributed by atoms with E-state index in [-0.39, 0.29) is 4.90 Å². The zero-order chi connectivity index (χ0) is 19.3. The lowest BCUT2D eigenvalue weighted by atomic mass is 10.1. The van der Waals surface area contributed by atoms with Crippen molar-refractivity contribution in [3.63, 3.8) is 0 Å². The minimum atomic E-state index is -3.64. The Morgan fingerprint density at radius 1 is 1.07 bits per heavy atom. The summed E-state index contributed by atoms with van der Waals surface area (Å²) in [4.78, 5) is 11.6. The molecule has 0 unspecified atom stereocenters. The van der Waals surface area contributed by atoms with Gasteiger partial charge in [-0.05, 0) is 43.9 Å². The van der Waals surface area contributed by atoms with Crippen molar-refractivity contribution < 1.29 is 8.42 Å². The lowest BCUT2D eigenvalue weighted by Gasteiger charge is -2.22. The van der Waals surface area contributed by atoms with Gasteiger partial charge in [0.25, 0.3) is 0 Å². The minimum Gasteiger partial charge on any atom is -0.370 e. The standard InChI is InChI=1S/C19H27N5O2S/c1-15-22-18(14-19(23-15)24-12-4-2-3-5-13-24)21-11-10-16-6-8-17(9-7-16)27(20,25)26/h6-9,14H,2-5,10-13H2,1H3,(H2,20,25,26)(H,21,22,23). The second-order valence-corrected chi connectivity index (χ2v) is 8.49. The van der Waals surface area contributed by atoms with Crippen LogP contribution in [0.25, 0.3) is 0 Å². The topological polar surface area (TPSA) is 101 Å². The third kappa shape index (κ3) is 5.64. The Bertz CT molecular complexity index is 860. The molecule has 146 valence electrons. The number of nitrogens with two attached hydrogens (primary N) is 1. The van der Waals surface area contributed by atoms with Crippen LogP contribution in [-0.4, -0.2) is 38.0 Å². The average molecular weight is 390 g/mol. The van der Waals surface area contributed by atoms with Gasteiger partial charge in [-0.25, -0.2) is 23.5 Å². The first kappa shape index (κ1) is 19.6.